The Labute approximate surface area is 392 Å². The predicted molar refractivity (Wildman–Crippen MR) is 262 cm³/mol. The lowest BCUT2D eigenvalue weighted by Crippen LogP contribution is -2.39. The van der Waals surface area contributed by atoms with Crippen molar-refractivity contribution in [1.29, 1.82) is 0 Å². The maximum absolute atomic E-state index is 13.5. The summed E-state index contributed by atoms with van der Waals surface area (Å²) < 4.78 is 79.5. The van der Waals surface area contributed by atoms with E-state index >= 15 is 0 Å². The first-order chi connectivity index (χ1) is 31.7. The lowest BCUT2D eigenvalue weighted by Gasteiger charge is -2.27. The van der Waals surface area contributed by atoms with Crippen LogP contribution in [0.25, 0.3) is 22.3 Å². The van der Waals surface area contributed by atoms with E-state index in [1.54, 1.807) is 31.1 Å². The zero-order chi connectivity index (χ0) is 49.2. The minimum atomic E-state index is -3.53. The lowest BCUT2D eigenvalue weighted by molar-refractivity contribution is -0.385. The highest BCUT2D eigenvalue weighted by Crippen LogP contribution is 2.54. The van der Waals surface area contributed by atoms with Crippen molar-refractivity contribution in [2.75, 3.05) is 32.5 Å². The second kappa shape index (κ2) is 17.8. The lowest BCUT2D eigenvalue weighted by atomic mass is 9.90. The van der Waals surface area contributed by atoms with Gasteiger partial charge in [0.25, 0.3) is 11.4 Å². The van der Waals surface area contributed by atoms with Gasteiger partial charge in [-0.3, -0.25) is 38.2 Å². The smallest absolute Gasteiger partial charge is 0.269 e. The number of rotatable bonds is 10. The van der Waals surface area contributed by atoms with Crippen molar-refractivity contribution in [1.82, 2.24) is 15.2 Å². The van der Waals surface area contributed by atoms with Crippen LogP contribution < -0.4 is 12.9 Å². The Morgan fingerprint density at radius 3 is 1.70 bits per heavy atom. The fourth-order valence-electron chi connectivity index (χ4n) is 10.9. The van der Waals surface area contributed by atoms with E-state index in [2.05, 4.69) is 34.2 Å². The number of hydrogen-bond donors (Lipinski definition) is 2. The highest BCUT2D eigenvalue weighted by atomic mass is 32.2. The van der Waals surface area contributed by atoms with Gasteiger partial charge in [-0.15, -0.1) is 0 Å². The van der Waals surface area contributed by atoms with Gasteiger partial charge in [0, 0.05) is 82.8 Å². The van der Waals surface area contributed by atoms with Gasteiger partial charge >= 0.3 is 0 Å². The van der Waals surface area contributed by atoms with E-state index in [0.717, 1.165) is 58.5 Å². The largest absolute Gasteiger partial charge is 0.353 e. The summed E-state index contributed by atoms with van der Waals surface area (Å²) in [6.07, 6.45) is 5.40. The molecule has 0 bridgehead atoms. The summed E-state index contributed by atoms with van der Waals surface area (Å²) in [5, 5.41) is 29.9. The molecule has 21 heteroatoms. The number of hydrogen-bond acceptors (Lipinski definition) is 11. The number of nitrogens with one attached hydrogen (secondary N) is 2. The van der Waals surface area contributed by atoms with Crippen LogP contribution in [-0.2, 0) is 52.4 Å². The third-order valence-electron chi connectivity index (χ3n) is 14.5. The van der Waals surface area contributed by atoms with Crippen LogP contribution in [0.1, 0.15) is 133 Å². The quantitative estimate of drug-likeness (QED) is 0.0986. The summed E-state index contributed by atoms with van der Waals surface area (Å²) in [5.74, 6) is 0. The summed E-state index contributed by atoms with van der Waals surface area (Å²) in [4.78, 5) is 24.3. The molecule has 0 saturated heterocycles. The molecule has 18 nitrogen and oxygen atoms in total. The number of aromatic nitrogens is 3. The molecule has 0 spiro atoms. The van der Waals surface area contributed by atoms with Gasteiger partial charge in [-0.25, -0.2) is 25.3 Å². The van der Waals surface area contributed by atoms with Crippen molar-refractivity contribution in [3.8, 4) is 11.4 Å². The fraction of sp³-hybridized carbons (Fsp3) is 0.500. The number of nitro groups is 2. The summed E-state index contributed by atoms with van der Waals surface area (Å²) in [7, 11) is -10.4. The number of H-pyrrole nitrogens is 2. The van der Waals surface area contributed by atoms with E-state index in [1.807, 2.05) is 34.6 Å². The molecule has 4 aliphatic rings. The van der Waals surface area contributed by atoms with E-state index < -0.39 is 54.7 Å². The molecular weight excluding hydrogens is 921 g/mol. The van der Waals surface area contributed by atoms with Crippen molar-refractivity contribution in [3.63, 3.8) is 0 Å². The average molecular weight is 981 g/mol. The maximum atomic E-state index is 13.5. The molecule has 67 heavy (non-hydrogen) atoms. The number of benzene rings is 3. The second-order valence-electron chi connectivity index (χ2n) is 17.2. The standard InChI is InChI=1S/C22H28N4O2S.C13H18N2O4S.C11H14N2O4S/c1-5-22(6-2)17-12-18-16(11-19(17)26(7-3)29(22,27)28)15-10-8-9-14-13(4)24-25-21(14)20(15)23-18;1-4-13(5-2)11-9-10(15(16)17)7-8-12(11)14(6-3)20(13,18)19;1-3-11-9-7-8(13(14)15)5-6-10(9)12(4-2)18(11,16)17/h11-12,23H,5-10H2,1-4H3,(H,24,25);7-9H,4-6H2,1-3H3;5-7,11H,3-4H2,1-2H3. The fourth-order valence-corrected chi connectivity index (χ4v) is 17.7. The van der Waals surface area contributed by atoms with Crippen molar-refractivity contribution < 1.29 is 35.1 Å². The topological polar surface area (TPSA) is 243 Å². The van der Waals surface area contributed by atoms with Crippen LogP contribution in [0.2, 0.25) is 0 Å². The van der Waals surface area contributed by atoms with Gasteiger partial charge in [0.15, 0.2) is 0 Å². The van der Waals surface area contributed by atoms with E-state index in [4.69, 9.17) is 0 Å². The van der Waals surface area contributed by atoms with Gasteiger partial charge in [-0.2, -0.15) is 5.10 Å². The molecule has 2 N–H and O–H groups in total. The van der Waals surface area contributed by atoms with E-state index in [9.17, 15) is 45.5 Å². The summed E-state index contributed by atoms with van der Waals surface area (Å²) in [6.45, 7) is 18.0. The minimum absolute atomic E-state index is 0.0665. The predicted octanol–water partition coefficient (Wildman–Crippen LogP) is 9.54. The summed E-state index contributed by atoms with van der Waals surface area (Å²) in [6, 6.07) is 12.8. The van der Waals surface area contributed by atoms with Gasteiger partial charge in [0.2, 0.25) is 30.1 Å². The Hall–Kier alpha value is -5.54. The Morgan fingerprint density at radius 1 is 0.672 bits per heavy atom. The molecule has 3 aliphatic heterocycles. The molecule has 1 unspecified atom stereocenters. The van der Waals surface area contributed by atoms with Crippen LogP contribution in [-0.4, -0.2) is 69.9 Å². The number of aryl methyl sites for hydroxylation is 2. The van der Waals surface area contributed by atoms with Crippen molar-refractivity contribution >= 4 is 69.4 Å². The molecule has 1 atom stereocenters. The zero-order valence-electron chi connectivity index (χ0n) is 39.5. The van der Waals surface area contributed by atoms with Crippen molar-refractivity contribution in [2.45, 2.75) is 128 Å². The highest BCUT2D eigenvalue weighted by Gasteiger charge is 2.55. The van der Waals surface area contributed by atoms with Gasteiger partial charge in [-0.05, 0) is 109 Å². The van der Waals surface area contributed by atoms with E-state index in [1.165, 1.54) is 50.1 Å². The first-order valence-corrected chi connectivity index (χ1v) is 27.4. The number of nitrogens with zero attached hydrogens (tertiary/aromatic N) is 6. The Morgan fingerprint density at radius 2 is 1.18 bits per heavy atom. The first-order valence-electron chi connectivity index (χ1n) is 23.0. The number of aromatic amines is 2. The normalized spacial score (nSPS) is 19.5. The van der Waals surface area contributed by atoms with Crippen LogP contribution in [0.15, 0.2) is 48.5 Å². The molecule has 0 amide bonds. The maximum Gasteiger partial charge on any atom is 0.269 e. The van der Waals surface area contributed by atoms with E-state index in [-0.39, 0.29) is 11.4 Å². The SMILES string of the molecule is CCC1c2cc([N+](=O)[O-])ccc2N(CC)S1(=O)=O.CCN1c2cc3c4c([nH]c3cc2C(CC)(CC)S1(=O)=O)-c1n[nH]c(C)c1CCC4.CCN1c2ccc([N+](=O)[O-])cc2C(CC)(CC)S1(=O)=O. The molecule has 9 rings (SSSR count). The van der Waals surface area contributed by atoms with Crippen LogP contribution in [0.4, 0.5) is 28.4 Å². The van der Waals surface area contributed by atoms with Crippen LogP contribution in [0, 0.1) is 27.2 Å². The molecule has 0 saturated carbocycles. The van der Waals surface area contributed by atoms with Crippen LogP contribution >= 0.6 is 0 Å². The molecule has 362 valence electrons. The third kappa shape index (κ3) is 7.20. The third-order valence-corrected chi connectivity index (χ3v) is 22.5. The Balaban J connectivity index is 0.000000155. The van der Waals surface area contributed by atoms with E-state index in [0.29, 0.717) is 74.2 Å². The number of sulfonamides is 3. The summed E-state index contributed by atoms with van der Waals surface area (Å²) in [5.41, 5.74) is 10.7. The molecular formula is C46H60N8O10S3. The van der Waals surface area contributed by atoms with Gasteiger partial charge in [0.1, 0.15) is 20.4 Å². The van der Waals surface area contributed by atoms with Crippen molar-refractivity contribution in [3.05, 3.63) is 102 Å². The Kier molecular flexibility index (Phi) is 13.1. The Bertz CT molecular complexity index is 3120. The molecule has 1 aliphatic carbocycles. The minimum Gasteiger partial charge on any atom is -0.353 e. The molecule has 5 aromatic rings. The zero-order valence-corrected chi connectivity index (χ0v) is 41.9. The van der Waals surface area contributed by atoms with Crippen LogP contribution in [0.3, 0.4) is 0 Å². The molecule has 5 heterocycles. The number of non-ortho nitro benzene ring substituents is 2. The molecule has 3 aromatic carbocycles. The number of anilines is 3. The number of fused-ring (bicyclic) bond motifs is 8. The molecule has 2 aromatic heterocycles. The number of nitro benzene ring substituents is 2. The second-order valence-corrected chi connectivity index (χ2v) is 23.6. The van der Waals surface area contributed by atoms with Gasteiger partial charge in [-0.1, -0.05) is 34.6 Å². The molecule has 0 radical (unpaired) electrons. The van der Waals surface area contributed by atoms with Crippen molar-refractivity contribution in [2.24, 2.45) is 0 Å². The monoisotopic (exact) mass is 980 g/mol. The molecule has 0 fully saturated rings. The van der Waals surface area contributed by atoms with Crippen LogP contribution in [0.5, 0.6) is 0 Å². The summed E-state index contributed by atoms with van der Waals surface area (Å²) >= 11 is 0. The average Bonchev–Trinajstić information content (AvgIpc) is 3.96. The van der Waals surface area contributed by atoms with Gasteiger partial charge < -0.3 is 4.98 Å². The van der Waals surface area contributed by atoms with Gasteiger partial charge in [0.05, 0.1) is 32.6 Å². The first kappa shape index (κ1) is 49.4. The highest BCUT2D eigenvalue weighted by molar-refractivity contribution is 7.94.